The summed E-state index contributed by atoms with van der Waals surface area (Å²) in [7, 11) is 0. The van der Waals surface area contributed by atoms with Crippen LogP contribution in [0.5, 0.6) is 5.88 Å². The van der Waals surface area contributed by atoms with E-state index in [2.05, 4.69) is 9.97 Å². The van der Waals surface area contributed by atoms with Crippen LogP contribution in [0.15, 0.2) is 6.33 Å². The maximum absolute atomic E-state index is 5.95. The molecule has 0 bridgehead atoms. The quantitative estimate of drug-likeness (QED) is 0.741. The Kier molecular flexibility index (Phi) is 3.38. The number of ether oxygens (including phenoxy) is 2. The Labute approximate surface area is 93.6 Å². The van der Waals surface area contributed by atoms with Crippen LogP contribution < -0.4 is 4.74 Å². The van der Waals surface area contributed by atoms with Crippen molar-refractivity contribution in [1.82, 2.24) is 9.97 Å². The van der Waals surface area contributed by atoms with Crippen LogP contribution in [0, 0.1) is 0 Å². The highest BCUT2D eigenvalue weighted by Crippen LogP contribution is 2.24. The first-order valence-corrected chi connectivity index (χ1v) is 5.42. The molecule has 1 aliphatic rings. The lowest BCUT2D eigenvalue weighted by Crippen LogP contribution is -2.17. The maximum Gasteiger partial charge on any atom is 0.221 e. The first kappa shape index (κ1) is 10.6. The van der Waals surface area contributed by atoms with Crippen LogP contribution in [0.3, 0.4) is 0 Å². The highest BCUT2D eigenvalue weighted by atomic mass is 35.5. The van der Waals surface area contributed by atoms with Crippen LogP contribution >= 0.6 is 11.6 Å². The predicted octanol–water partition coefficient (Wildman–Crippen LogP) is 1.86. The average molecular weight is 229 g/mol. The first-order chi connectivity index (χ1) is 7.31. The molecular weight excluding hydrogens is 216 g/mol. The summed E-state index contributed by atoms with van der Waals surface area (Å²) >= 11 is 5.95. The molecule has 0 amide bonds. The average Bonchev–Trinajstić information content (AvgIpc) is 2.71. The van der Waals surface area contributed by atoms with Crippen LogP contribution in [0.1, 0.15) is 18.9 Å². The molecule has 2 heterocycles. The zero-order valence-corrected chi connectivity index (χ0v) is 9.33. The van der Waals surface area contributed by atoms with E-state index in [-0.39, 0.29) is 6.10 Å². The summed E-state index contributed by atoms with van der Waals surface area (Å²) in [6, 6.07) is 0. The second kappa shape index (κ2) is 4.77. The van der Waals surface area contributed by atoms with Gasteiger partial charge in [-0.25, -0.2) is 9.97 Å². The van der Waals surface area contributed by atoms with E-state index in [9.17, 15) is 0 Å². The van der Waals surface area contributed by atoms with E-state index < -0.39 is 0 Å². The minimum Gasteiger partial charge on any atom is -0.471 e. The predicted molar refractivity (Wildman–Crippen MR) is 56.3 cm³/mol. The van der Waals surface area contributed by atoms with Gasteiger partial charge in [0.2, 0.25) is 5.88 Å². The van der Waals surface area contributed by atoms with Gasteiger partial charge in [-0.3, -0.25) is 0 Å². The molecule has 0 saturated carbocycles. The van der Waals surface area contributed by atoms with E-state index in [1.54, 1.807) is 0 Å². The third-order valence-electron chi connectivity index (χ3n) is 2.37. The second-order valence-corrected chi connectivity index (χ2v) is 3.76. The van der Waals surface area contributed by atoms with Gasteiger partial charge in [-0.15, -0.1) is 0 Å². The molecule has 5 heteroatoms. The molecule has 82 valence electrons. The number of nitrogens with zero attached hydrogens (tertiary/aromatic N) is 2. The molecule has 1 aromatic heterocycles. The minimum atomic E-state index is 0.0984. The van der Waals surface area contributed by atoms with Crippen molar-refractivity contribution in [3.63, 3.8) is 0 Å². The normalized spacial score (nSPS) is 20.5. The van der Waals surface area contributed by atoms with E-state index in [1.165, 1.54) is 6.33 Å². The molecular formula is C10H13ClN2O2. The summed E-state index contributed by atoms with van der Waals surface area (Å²) in [4.78, 5) is 8.03. The Hall–Kier alpha value is -0.870. The second-order valence-electron chi connectivity index (χ2n) is 3.41. The lowest BCUT2D eigenvalue weighted by atomic mass is 10.2. The summed E-state index contributed by atoms with van der Waals surface area (Å²) in [6.07, 6.45) is 3.20. The fraction of sp³-hybridized carbons (Fsp3) is 0.600. The summed E-state index contributed by atoms with van der Waals surface area (Å²) < 4.78 is 10.9. The third-order valence-corrected chi connectivity index (χ3v) is 2.70. The van der Waals surface area contributed by atoms with E-state index in [0.717, 1.165) is 25.0 Å². The number of halogens is 1. The van der Waals surface area contributed by atoms with Crippen molar-refractivity contribution >= 4 is 11.6 Å². The van der Waals surface area contributed by atoms with Gasteiger partial charge in [0.15, 0.2) is 0 Å². The Morgan fingerprint density at radius 2 is 2.47 bits per heavy atom. The third kappa shape index (κ3) is 2.38. The van der Waals surface area contributed by atoms with Crippen LogP contribution in [0.2, 0.25) is 5.15 Å². The van der Waals surface area contributed by atoms with Crippen molar-refractivity contribution in [3.05, 3.63) is 17.0 Å². The molecule has 0 spiro atoms. The van der Waals surface area contributed by atoms with Crippen molar-refractivity contribution in [2.75, 3.05) is 13.2 Å². The zero-order chi connectivity index (χ0) is 10.7. The smallest absolute Gasteiger partial charge is 0.221 e. The van der Waals surface area contributed by atoms with Crippen molar-refractivity contribution in [2.45, 2.75) is 25.9 Å². The van der Waals surface area contributed by atoms with Crippen molar-refractivity contribution < 1.29 is 9.47 Å². The Balaban J connectivity index is 2.15. The largest absolute Gasteiger partial charge is 0.471 e. The number of rotatable bonds is 3. The van der Waals surface area contributed by atoms with Gasteiger partial charge in [-0.2, -0.15) is 0 Å². The zero-order valence-electron chi connectivity index (χ0n) is 8.57. The number of hydrogen-bond acceptors (Lipinski definition) is 4. The lowest BCUT2D eigenvalue weighted by Gasteiger charge is -2.13. The molecule has 1 aliphatic heterocycles. The van der Waals surface area contributed by atoms with E-state index in [4.69, 9.17) is 21.1 Å². The van der Waals surface area contributed by atoms with Crippen molar-refractivity contribution in [1.29, 1.82) is 0 Å². The highest BCUT2D eigenvalue weighted by Gasteiger charge is 2.20. The van der Waals surface area contributed by atoms with E-state index in [0.29, 0.717) is 17.6 Å². The SMILES string of the molecule is CCc1c(Cl)ncnc1OC1CCOC1. The Bertz CT molecular complexity index is 340. The molecule has 1 unspecified atom stereocenters. The summed E-state index contributed by atoms with van der Waals surface area (Å²) in [5.41, 5.74) is 0.867. The fourth-order valence-electron chi connectivity index (χ4n) is 1.54. The molecule has 0 aromatic carbocycles. The van der Waals surface area contributed by atoms with Gasteiger partial charge in [-0.1, -0.05) is 18.5 Å². The molecule has 2 rings (SSSR count). The Morgan fingerprint density at radius 1 is 1.60 bits per heavy atom. The van der Waals surface area contributed by atoms with Gasteiger partial charge in [0, 0.05) is 6.42 Å². The van der Waals surface area contributed by atoms with E-state index >= 15 is 0 Å². The molecule has 1 fully saturated rings. The monoisotopic (exact) mass is 228 g/mol. The van der Waals surface area contributed by atoms with Gasteiger partial charge < -0.3 is 9.47 Å². The van der Waals surface area contributed by atoms with Crippen LogP contribution in [-0.4, -0.2) is 29.3 Å². The first-order valence-electron chi connectivity index (χ1n) is 5.05. The maximum atomic E-state index is 5.95. The molecule has 1 saturated heterocycles. The molecule has 1 atom stereocenters. The molecule has 4 nitrogen and oxygen atoms in total. The summed E-state index contributed by atoms with van der Waals surface area (Å²) in [6.45, 7) is 3.39. The van der Waals surface area contributed by atoms with Gasteiger partial charge >= 0.3 is 0 Å². The molecule has 0 radical (unpaired) electrons. The highest BCUT2D eigenvalue weighted by molar-refractivity contribution is 6.30. The lowest BCUT2D eigenvalue weighted by molar-refractivity contribution is 0.137. The standard InChI is InChI=1S/C10H13ClN2O2/c1-2-8-9(11)12-6-13-10(8)15-7-3-4-14-5-7/h6-7H,2-5H2,1H3. The molecule has 0 N–H and O–H groups in total. The van der Waals surface area contributed by atoms with Crippen molar-refractivity contribution in [3.8, 4) is 5.88 Å². The summed E-state index contributed by atoms with van der Waals surface area (Å²) in [5, 5.41) is 0.474. The topological polar surface area (TPSA) is 44.2 Å². The number of aromatic nitrogens is 2. The molecule has 15 heavy (non-hydrogen) atoms. The van der Waals surface area contributed by atoms with Gasteiger partial charge in [0.05, 0.1) is 18.8 Å². The van der Waals surface area contributed by atoms with Crippen molar-refractivity contribution in [2.24, 2.45) is 0 Å². The number of hydrogen-bond donors (Lipinski definition) is 0. The molecule has 1 aromatic rings. The van der Waals surface area contributed by atoms with Crippen LogP contribution in [0.25, 0.3) is 0 Å². The van der Waals surface area contributed by atoms with Crippen LogP contribution in [-0.2, 0) is 11.2 Å². The molecule has 0 aliphatic carbocycles. The van der Waals surface area contributed by atoms with Crippen LogP contribution in [0.4, 0.5) is 0 Å². The fourth-order valence-corrected chi connectivity index (χ4v) is 1.80. The van der Waals surface area contributed by atoms with Gasteiger partial charge in [0.25, 0.3) is 0 Å². The summed E-state index contributed by atoms with van der Waals surface area (Å²) in [5.74, 6) is 0.591. The van der Waals surface area contributed by atoms with Gasteiger partial charge in [0.1, 0.15) is 17.6 Å². The Morgan fingerprint density at radius 3 is 3.13 bits per heavy atom. The van der Waals surface area contributed by atoms with Gasteiger partial charge in [-0.05, 0) is 6.42 Å². The van der Waals surface area contributed by atoms with E-state index in [1.807, 2.05) is 6.92 Å². The minimum absolute atomic E-state index is 0.0984.